The molecule has 2 aliphatic heterocycles. The van der Waals surface area contributed by atoms with Crippen molar-refractivity contribution < 1.29 is 9.59 Å². The summed E-state index contributed by atoms with van der Waals surface area (Å²) in [6.07, 6.45) is 5.13. The first-order valence-electron chi connectivity index (χ1n) is 8.37. The lowest BCUT2D eigenvalue weighted by Crippen LogP contribution is -2.48. The zero-order valence-corrected chi connectivity index (χ0v) is 14.3. The number of thiazole rings is 1. The first kappa shape index (κ1) is 16.4. The number of hydrogen-bond donors (Lipinski definition) is 0. The molecule has 3 rings (SSSR count). The van der Waals surface area contributed by atoms with Gasteiger partial charge in [-0.05, 0) is 25.9 Å². The Bertz CT molecular complexity index is 534. The third-order valence-electron chi connectivity index (χ3n) is 4.56. The van der Waals surface area contributed by atoms with Crippen molar-refractivity contribution in [2.45, 2.75) is 32.2 Å². The van der Waals surface area contributed by atoms with E-state index >= 15 is 0 Å². The maximum Gasteiger partial charge on any atom is 0.228 e. The second-order valence-corrected chi connectivity index (χ2v) is 7.21. The molecule has 0 N–H and O–H groups in total. The van der Waals surface area contributed by atoms with E-state index in [4.69, 9.17) is 0 Å². The predicted octanol–water partition coefficient (Wildman–Crippen LogP) is 0.972. The number of rotatable bonds is 5. The minimum absolute atomic E-state index is 0.116. The molecule has 3 heterocycles. The lowest BCUT2D eigenvalue weighted by Gasteiger charge is -2.32. The van der Waals surface area contributed by atoms with Gasteiger partial charge in [0.25, 0.3) is 0 Å². The fraction of sp³-hybridized carbons (Fsp3) is 0.688. The molecule has 0 atom stereocenters. The summed E-state index contributed by atoms with van der Waals surface area (Å²) in [4.78, 5) is 33.7. The summed E-state index contributed by atoms with van der Waals surface area (Å²) in [5.74, 6) is 0.116. The van der Waals surface area contributed by atoms with Gasteiger partial charge in [-0.2, -0.15) is 0 Å². The van der Waals surface area contributed by atoms with Crippen molar-refractivity contribution in [3.05, 3.63) is 16.1 Å². The zero-order chi connectivity index (χ0) is 16.1. The van der Waals surface area contributed by atoms with Crippen LogP contribution < -0.4 is 0 Å². The van der Waals surface area contributed by atoms with Crippen LogP contribution >= 0.6 is 11.3 Å². The molecule has 6 nitrogen and oxygen atoms in total. The minimum Gasteiger partial charge on any atom is -0.342 e. The van der Waals surface area contributed by atoms with Crippen molar-refractivity contribution in [1.29, 1.82) is 0 Å². The van der Waals surface area contributed by atoms with Gasteiger partial charge in [0.1, 0.15) is 5.01 Å². The third kappa shape index (κ3) is 4.51. The Labute approximate surface area is 141 Å². The van der Waals surface area contributed by atoms with E-state index in [0.29, 0.717) is 32.6 Å². The van der Waals surface area contributed by atoms with E-state index in [-0.39, 0.29) is 5.91 Å². The van der Waals surface area contributed by atoms with Crippen LogP contribution in [0.4, 0.5) is 0 Å². The van der Waals surface area contributed by atoms with Gasteiger partial charge in [0.2, 0.25) is 12.3 Å². The van der Waals surface area contributed by atoms with E-state index in [9.17, 15) is 9.59 Å². The molecule has 0 aliphatic carbocycles. The monoisotopic (exact) mass is 336 g/mol. The summed E-state index contributed by atoms with van der Waals surface area (Å²) in [5, 5.41) is 3.12. The van der Waals surface area contributed by atoms with Crippen LogP contribution in [0, 0.1) is 0 Å². The number of aromatic nitrogens is 1. The van der Waals surface area contributed by atoms with Crippen molar-refractivity contribution >= 4 is 23.7 Å². The van der Waals surface area contributed by atoms with Gasteiger partial charge in [0.15, 0.2) is 0 Å². The lowest BCUT2D eigenvalue weighted by atomic mass is 10.1. The van der Waals surface area contributed by atoms with Crippen molar-refractivity contribution in [1.82, 2.24) is 19.7 Å². The van der Waals surface area contributed by atoms with Crippen molar-refractivity contribution in [2.24, 2.45) is 0 Å². The van der Waals surface area contributed by atoms with E-state index in [1.807, 2.05) is 10.3 Å². The molecule has 1 aromatic rings. The van der Waals surface area contributed by atoms with Gasteiger partial charge in [-0.3, -0.25) is 14.5 Å². The molecule has 2 amide bonds. The van der Waals surface area contributed by atoms with Crippen LogP contribution in [0.5, 0.6) is 0 Å². The second kappa shape index (κ2) is 7.88. The Kier molecular flexibility index (Phi) is 5.61. The number of carbonyl (C=O) groups is 2. The number of nitrogens with zero attached hydrogens (tertiary/aromatic N) is 4. The number of carbonyl (C=O) groups excluding carboxylic acids is 2. The molecule has 0 spiro atoms. The Hall–Kier alpha value is -1.47. The van der Waals surface area contributed by atoms with Crippen LogP contribution in [0.25, 0.3) is 0 Å². The summed E-state index contributed by atoms with van der Waals surface area (Å²) in [7, 11) is 0. The summed E-state index contributed by atoms with van der Waals surface area (Å²) >= 11 is 1.66. The van der Waals surface area contributed by atoms with Crippen LogP contribution in [0.2, 0.25) is 0 Å². The molecule has 1 aromatic heterocycles. The van der Waals surface area contributed by atoms with E-state index in [1.54, 1.807) is 16.2 Å². The molecule has 2 saturated heterocycles. The Balaban J connectivity index is 1.48. The van der Waals surface area contributed by atoms with Gasteiger partial charge in [0.05, 0.1) is 18.7 Å². The van der Waals surface area contributed by atoms with E-state index < -0.39 is 0 Å². The highest BCUT2D eigenvalue weighted by molar-refractivity contribution is 7.09. The molecule has 2 aliphatic rings. The zero-order valence-electron chi connectivity index (χ0n) is 13.4. The summed E-state index contributed by atoms with van der Waals surface area (Å²) in [5.41, 5.74) is 0.879. The molecule has 7 heteroatoms. The van der Waals surface area contributed by atoms with Gasteiger partial charge >= 0.3 is 0 Å². The fourth-order valence-corrected chi connectivity index (χ4v) is 3.99. The van der Waals surface area contributed by atoms with Crippen molar-refractivity contribution in [3.63, 3.8) is 0 Å². The molecule has 0 bridgehead atoms. The maximum atomic E-state index is 12.3. The number of likely N-dealkylation sites (tertiary alicyclic amines) is 1. The molecular formula is C16H24N4O2S. The van der Waals surface area contributed by atoms with Crippen LogP contribution in [-0.4, -0.2) is 71.3 Å². The van der Waals surface area contributed by atoms with Crippen LogP contribution in [0.15, 0.2) is 5.38 Å². The number of hydrogen-bond acceptors (Lipinski definition) is 5. The van der Waals surface area contributed by atoms with E-state index in [2.05, 4.69) is 9.88 Å². The molecular weight excluding hydrogens is 312 g/mol. The quantitative estimate of drug-likeness (QED) is 0.752. The SMILES string of the molecule is O=CN1CCN(C(=O)Cc2csc(CN3CCCCC3)n2)CC1. The summed E-state index contributed by atoms with van der Waals surface area (Å²) in [6, 6.07) is 0. The van der Waals surface area contributed by atoms with Gasteiger partial charge < -0.3 is 9.80 Å². The fourth-order valence-electron chi connectivity index (χ4n) is 3.16. The Morgan fingerprint density at radius 1 is 1.13 bits per heavy atom. The van der Waals surface area contributed by atoms with Gasteiger partial charge in [-0.15, -0.1) is 11.3 Å². The van der Waals surface area contributed by atoms with Crippen molar-refractivity contribution in [2.75, 3.05) is 39.3 Å². The average molecular weight is 336 g/mol. The van der Waals surface area contributed by atoms with Crippen LogP contribution in [0.1, 0.15) is 30.0 Å². The smallest absolute Gasteiger partial charge is 0.228 e. The topological polar surface area (TPSA) is 56.8 Å². The van der Waals surface area contributed by atoms with E-state index in [1.165, 1.54) is 19.3 Å². The standard InChI is InChI=1S/C16H24N4O2S/c21-13-19-6-8-20(9-7-19)16(22)10-14-12-23-15(17-14)11-18-4-2-1-3-5-18/h12-13H,1-11H2. The van der Waals surface area contributed by atoms with Gasteiger partial charge in [-0.1, -0.05) is 6.42 Å². The minimum atomic E-state index is 0.116. The Morgan fingerprint density at radius 2 is 1.87 bits per heavy atom. The van der Waals surface area contributed by atoms with Gasteiger partial charge in [0, 0.05) is 31.6 Å². The molecule has 2 fully saturated rings. The molecule has 0 saturated carbocycles. The van der Waals surface area contributed by atoms with E-state index in [0.717, 1.165) is 36.7 Å². The molecule has 0 radical (unpaired) electrons. The highest BCUT2D eigenvalue weighted by atomic mass is 32.1. The van der Waals surface area contributed by atoms with Crippen LogP contribution in [0.3, 0.4) is 0 Å². The highest BCUT2D eigenvalue weighted by Crippen LogP contribution is 2.17. The normalized spacial score (nSPS) is 19.8. The number of piperidine rings is 1. The molecule has 23 heavy (non-hydrogen) atoms. The first-order valence-corrected chi connectivity index (χ1v) is 9.25. The predicted molar refractivity (Wildman–Crippen MR) is 89.2 cm³/mol. The highest BCUT2D eigenvalue weighted by Gasteiger charge is 2.21. The third-order valence-corrected chi connectivity index (χ3v) is 5.44. The van der Waals surface area contributed by atoms with Crippen LogP contribution in [-0.2, 0) is 22.6 Å². The molecule has 126 valence electrons. The second-order valence-electron chi connectivity index (χ2n) is 6.27. The largest absolute Gasteiger partial charge is 0.342 e. The number of piperazine rings is 1. The number of amides is 2. The summed E-state index contributed by atoms with van der Waals surface area (Å²) < 4.78 is 0. The average Bonchev–Trinajstić information content (AvgIpc) is 3.02. The van der Waals surface area contributed by atoms with Crippen molar-refractivity contribution in [3.8, 4) is 0 Å². The van der Waals surface area contributed by atoms with Gasteiger partial charge in [-0.25, -0.2) is 4.98 Å². The lowest BCUT2D eigenvalue weighted by molar-refractivity contribution is -0.134. The summed E-state index contributed by atoms with van der Waals surface area (Å²) in [6.45, 7) is 5.75. The maximum absolute atomic E-state index is 12.3. The molecule has 0 unspecified atom stereocenters. The molecule has 0 aromatic carbocycles. The Morgan fingerprint density at radius 3 is 2.57 bits per heavy atom. The first-order chi connectivity index (χ1) is 11.2.